The number of hydrogen-bond acceptors (Lipinski definition) is 6. The molecule has 2 rings (SSSR count). The number of pyridine rings is 1. The molecule has 8 heteroatoms. The van der Waals surface area contributed by atoms with E-state index in [1.807, 2.05) is 6.07 Å². The van der Waals surface area contributed by atoms with Crippen molar-refractivity contribution in [2.45, 2.75) is 6.42 Å². The fraction of sp³-hybridized carbons (Fsp3) is 0.333. The Morgan fingerprint density at radius 1 is 1.70 bits per heavy atom. The van der Waals surface area contributed by atoms with Gasteiger partial charge in [-0.1, -0.05) is 0 Å². The van der Waals surface area contributed by atoms with Crippen LogP contribution >= 0.6 is 15.9 Å². The summed E-state index contributed by atoms with van der Waals surface area (Å²) in [6.07, 6.45) is 0.0753. The number of methoxy groups -OCH3 is 1. The standard InChI is InChI=1S/C12H11BrN4O3/c1-20-12(19)6-2-10(18)17(5-6)9-3-8(15)7(4-14)11(13)16-9/h3,6H,2,5H2,1H3,(H2,15,16). The van der Waals surface area contributed by atoms with Gasteiger partial charge in [-0.05, 0) is 15.9 Å². The lowest BCUT2D eigenvalue weighted by Crippen LogP contribution is -2.27. The number of halogens is 1. The zero-order chi connectivity index (χ0) is 14.9. The number of carbonyl (C=O) groups excluding carboxylic acids is 2. The molecule has 2 heterocycles. The quantitative estimate of drug-likeness (QED) is 0.631. The van der Waals surface area contributed by atoms with Crippen molar-refractivity contribution in [1.29, 1.82) is 5.26 Å². The van der Waals surface area contributed by atoms with Gasteiger partial charge in [-0.2, -0.15) is 5.26 Å². The third-order valence-corrected chi connectivity index (χ3v) is 3.61. The van der Waals surface area contributed by atoms with E-state index in [0.29, 0.717) is 5.82 Å². The zero-order valence-corrected chi connectivity index (χ0v) is 12.2. The van der Waals surface area contributed by atoms with Crippen molar-refractivity contribution in [3.8, 4) is 6.07 Å². The van der Waals surface area contributed by atoms with Gasteiger partial charge in [0.1, 0.15) is 22.1 Å². The molecule has 1 aliphatic rings. The predicted octanol–water partition coefficient (Wildman–Crippen LogP) is 0.824. The van der Waals surface area contributed by atoms with Gasteiger partial charge in [0.2, 0.25) is 5.91 Å². The number of amides is 1. The minimum atomic E-state index is -0.509. The van der Waals surface area contributed by atoms with Crippen LogP contribution < -0.4 is 10.6 Å². The highest BCUT2D eigenvalue weighted by atomic mass is 79.9. The molecule has 0 spiro atoms. The Bertz CT molecular complexity index is 603. The van der Waals surface area contributed by atoms with Gasteiger partial charge in [0.25, 0.3) is 0 Å². The van der Waals surface area contributed by atoms with Crippen LogP contribution in [0.4, 0.5) is 11.5 Å². The molecule has 0 aromatic carbocycles. The first-order chi connectivity index (χ1) is 9.47. The number of carbonyl (C=O) groups is 2. The average Bonchev–Trinajstić information content (AvgIpc) is 2.79. The van der Waals surface area contributed by atoms with E-state index in [1.54, 1.807) is 0 Å². The first-order valence-corrected chi connectivity index (χ1v) is 6.51. The number of aromatic nitrogens is 1. The van der Waals surface area contributed by atoms with Gasteiger partial charge < -0.3 is 10.5 Å². The molecule has 1 fully saturated rings. The smallest absolute Gasteiger partial charge is 0.311 e. The molecule has 1 aliphatic heterocycles. The average molecular weight is 339 g/mol. The molecular weight excluding hydrogens is 328 g/mol. The summed E-state index contributed by atoms with van der Waals surface area (Å²) in [7, 11) is 1.28. The molecule has 1 aromatic rings. The van der Waals surface area contributed by atoms with Crippen molar-refractivity contribution in [3.05, 3.63) is 16.2 Å². The van der Waals surface area contributed by atoms with Gasteiger partial charge in [0.15, 0.2) is 0 Å². The van der Waals surface area contributed by atoms with Crippen LogP contribution in [0.3, 0.4) is 0 Å². The number of nitrogen functional groups attached to an aromatic ring is 1. The molecule has 2 N–H and O–H groups in total. The predicted molar refractivity (Wildman–Crippen MR) is 73.5 cm³/mol. The van der Waals surface area contributed by atoms with Crippen molar-refractivity contribution in [3.63, 3.8) is 0 Å². The lowest BCUT2D eigenvalue weighted by molar-refractivity contribution is -0.145. The van der Waals surface area contributed by atoms with E-state index < -0.39 is 11.9 Å². The van der Waals surface area contributed by atoms with Crippen LogP contribution in [-0.4, -0.2) is 30.5 Å². The summed E-state index contributed by atoms with van der Waals surface area (Å²) in [6, 6.07) is 3.36. The highest BCUT2D eigenvalue weighted by Crippen LogP contribution is 2.29. The normalized spacial score (nSPS) is 17.9. The summed E-state index contributed by atoms with van der Waals surface area (Å²) >= 11 is 3.14. The fourth-order valence-corrected chi connectivity index (χ4v) is 2.52. The summed E-state index contributed by atoms with van der Waals surface area (Å²) in [6.45, 7) is 0.191. The number of hydrogen-bond donors (Lipinski definition) is 1. The van der Waals surface area contributed by atoms with E-state index >= 15 is 0 Å². The van der Waals surface area contributed by atoms with E-state index in [-0.39, 0.29) is 34.7 Å². The molecular formula is C12H11BrN4O3. The molecule has 0 saturated carbocycles. The minimum absolute atomic E-state index is 0.0753. The maximum atomic E-state index is 11.9. The molecule has 104 valence electrons. The van der Waals surface area contributed by atoms with Crippen LogP contribution in [0, 0.1) is 17.2 Å². The number of esters is 1. The van der Waals surface area contributed by atoms with Crippen molar-refractivity contribution in [2.75, 3.05) is 24.3 Å². The SMILES string of the molecule is COC(=O)C1CC(=O)N(c2cc(N)c(C#N)c(Br)n2)C1. The first-order valence-electron chi connectivity index (χ1n) is 5.72. The lowest BCUT2D eigenvalue weighted by atomic mass is 10.1. The lowest BCUT2D eigenvalue weighted by Gasteiger charge is -2.16. The fourth-order valence-electron chi connectivity index (χ4n) is 2.02. The summed E-state index contributed by atoms with van der Waals surface area (Å²) in [5.41, 5.74) is 6.18. The van der Waals surface area contributed by atoms with Gasteiger partial charge in [0, 0.05) is 19.0 Å². The zero-order valence-electron chi connectivity index (χ0n) is 10.6. The number of nitrogens with two attached hydrogens (primary N) is 1. The van der Waals surface area contributed by atoms with Gasteiger partial charge >= 0.3 is 5.97 Å². The second-order valence-electron chi connectivity index (χ2n) is 4.28. The van der Waals surface area contributed by atoms with Crippen LogP contribution in [0.2, 0.25) is 0 Å². The molecule has 20 heavy (non-hydrogen) atoms. The number of ether oxygens (including phenoxy) is 1. The van der Waals surface area contributed by atoms with Crippen molar-refractivity contribution in [1.82, 2.24) is 4.98 Å². The van der Waals surface area contributed by atoms with Crippen LogP contribution in [0.5, 0.6) is 0 Å². The van der Waals surface area contributed by atoms with Crippen LogP contribution in [-0.2, 0) is 14.3 Å². The molecule has 7 nitrogen and oxygen atoms in total. The summed E-state index contributed by atoms with van der Waals surface area (Å²) in [4.78, 5) is 28.9. The number of nitriles is 1. The van der Waals surface area contributed by atoms with E-state index in [9.17, 15) is 9.59 Å². The molecule has 1 aromatic heterocycles. The third-order valence-electron chi connectivity index (χ3n) is 3.04. The first kappa shape index (κ1) is 14.3. The highest BCUT2D eigenvalue weighted by molar-refractivity contribution is 9.10. The van der Waals surface area contributed by atoms with Crippen LogP contribution in [0.1, 0.15) is 12.0 Å². The molecule has 0 radical (unpaired) electrons. The molecule has 1 amide bonds. The van der Waals surface area contributed by atoms with E-state index in [4.69, 9.17) is 11.0 Å². The summed E-state index contributed by atoms with van der Waals surface area (Å²) in [5.74, 6) is -0.861. The molecule has 1 saturated heterocycles. The van der Waals surface area contributed by atoms with E-state index in [0.717, 1.165) is 0 Å². The van der Waals surface area contributed by atoms with Gasteiger partial charge in [0.05, 0.1) is 18.7 Å². The number of nitrogens with zero attached hydrogens (tertiary/aromatic N) is 3. The van der Waals surface area contributed by atoms with Gasteiger partial charge in [-0.25, -0.2) is 4.98 Å². The Balaban J connectivity index is 2.32. The van der Waals surface area contributed by atoms with E-state index in [1.165, 1.54) is 18.1 Å². The largest absolute Gasteiger partial charge is 0.469 e. The van der Waals surface area contributed by atoms with Gasteiger partial charge in [-0.3, -0.25) is 14.5 Å². The van der Waals surface area contributed by atoms with Crippen molar-refractivity contribution in [2.24, 2.45) is 5.92 Å². The topological polar surface area (TPSA) is 109 Å². The Kier molecular flexibility index (Phi) is 3.90. The maximum Gasteiger partial charge on any atom is 0.311 e. The third kappa shape index (κ3) is 2.44. The molecule has 1 atom stereocenters. The highest BCUT2D eigenvalue weighted by Gasteiger charge is 2.36. The van der Waals surface area contributed by atoms with Crippen molar-refractivity contribution >= 4 is 39.3 Å². The maximum absolute atomic E-state index is 11.9. The van der Waals surface area contributed by atoms with Crippen LogP contribution in [0.25, 0.3) is 0 Å². The van der Waals surface area contributed by atoms with E-state index in [2.05, 4.69) is 25.7 Å². The Morgan fingerprint density at radius 2 is 2.40 bits per heavy atom. The Morgan fingerprint density at radius 3 is 2.95 bits per heavy atom. The second-order valence-corrected chi connectivity index (χ2v) is 5.03. The molecule has 0 bridgehead atoms. The minimum Gasteiger partial charge on any atom is -0.469 e. The summed E-state index contributed by atoms with van der Waals surface area (Å²) < 4.78 is 4.90. The van der Waals surface area contributed by atoms with Crippen LogP contribution in [0.15, 0.2) is 10.7 Å². The number of rotatable bonds is 2. The number of anilines is 2. The summed E-state index contributed by atoms with van der Waals surface area (Å²) in [5, 5.41) is 8.91. The van der Waals surface area contributed by atoms with Gasteiger partial charge in [-0.15, -0.1) is 0 Å². The Labute approximate surface area is 123 Å². The Hall–Kier alpha value is -2.14. The van der Waals surface area contributed by atoms with Crippen molar-refractivity contribution < 1.29 is 14.3 Å². The second kappa shape index (κ2) is 5.46. The monoisotopic (exact) mass is 338 g/mol. The molecule has 1 unspecified atom stereocenters. The molecule has 0 aliphatic carbocycles.